The molecule has 0 spiro atoms. The molecule has 29 heavy (non-hydrogen) atoms. The quantitative estimate of drug-likeness (QED) is 0.645. The van der Waals surface area contributed by atoms with Gasteiger partial charge in [0, 0.05) is 26.2 Å². The fourth-order valence-electron chi connectivity index (χ4n) is 4.36. The van der Waals surface area contributed by atoms with Gasteiger partial charge in [0.1, 0.15) is 11.2 Å². The van der Waals surface area contributed by atoms with Crippen LogP contribution in [0.4, 0.5) is 0 Å². The smallest absolute Gasteiger partial charge is 0.265 e. The molecule has 1 atom stereocenters. The molecule has 1 aliphatic heterocycles. The van der Waals surface area contributed by atoms with Crippen LogP contribution in [0.5, 0.6) is 0 Å². The fourth-order valence-corrected chi connectivity index (χ4v) is 4.36. The van der Waals surface area contributed by atoms with Crippen molar-refractivity contribution in [2.24, 2.45) is 5.92 Å². The largest absolute Gasteiger partial charge is 0.446 e. The number of aromatic nitrogens is 2. The highest BCUT2D eigenvalue weighted by molar-refractivity contribution is 5.71. The first-order valence-electron chi connectivity index (χ1n) is 10.6. The molecule has 152 valence electrons. The Morgan fingerprint density at radius 2 is 1.86 bits per heavy atom. The van der Waals surface area contributed by atoms with E-state index in [0.29, 0.717) is 17.6 Å². The first kappa shape index (κ1) is 18.6. The number of benzene rings is 1. The number of fused-ring (bicyclic) bond motifs is 1. The lowest BCUT2D eigenvalue weighted by atomic mass is 10.1. The second-order valence-corrected chi connectivity index (χ2v) is 8.52. The maximum Gasteiger partial charge on any atom is 0.265 e. The zero-order valence-corrected chi connectivity index (χ0v) is 17.0. The molecule has 1 aliphatic carbocycles. The number of hydrogen-bond acceptors (Lipinski definition) is 5. The number of piperazine rings is 1. The third-order valence-electron chi connectivity index (χ3n) is 6.33. The van der Waals surface area contributed by atoms with Gasteiger partial charge in [-0.25, -0.2) is 0 Å². The number of furan rings is 1. The van der Waals surface area contributed by atoms with Gasteiger partial charge in [-0.2, -0.15) is 4.98 Å². The van der Waals surface area contributed by atoms with Gasteiger partial charge >= 0.3 is 0 Å². The van der Waals surface area contributed by atoms with E-state index in [4.69, 9.17) is 9.40 Å². The zero-order chi connectivity index (χ0) is 19.8. The minimum atomic E-state index is -0.00229. The molecule has 1 aromatic carbocycles. The minimum absolute atomic E-state index is 0.00229. The molecule has 2 aromatic heterocycles. The van der Waals surface area contributed by atoms with Crippen molar-refractivity contribution in [2.45, 2.75) is 31.8 Å². The molecular weight excluding hydrogens is 364 g/mol. The van der Waals surface area contributed by atoms with Crippen LogP contribution < -0.4 is 5.56 Å². The van der Waals surface area contributed by atoms with E-state index in [1.54, 1.807) is 12.3 Å². The van der Waals surface area contributed by atoms with Crippen molar-refractivity contribution in [3.63, 3.8) is 0 Å². The van der Waals surface area contributed by atoms with Crippen molar-refractivity contribution in [1.82, 2.24) is 19.4 Å². The average Bonchev–Trinajstić information content (AvgIpc) is 3.44. The van der Waals surface area contributed by atoms with Crippen LogP contribution in [-0.4, -0.2) is 52.6 Å². The molecule has 0 N–H and O–H groups in total. The highest BCUT2D eigenvalue weighted by Gasteiger charge is 2.34. The molecule has 5 rings (SSSR count). The molecule has 2 fully saturated rings. The van der Waals surface area contributed by atoms with E-state index >= 15 is 0 Å². The summed E-state index contributed by atoms with van der Waals surface area (Å²) in [6, 6.07) is 12.1. The van der Waals surface area contributed by atoms with Gasteiger partial charge in [-0.1, -0.05) is 43.2 Å². The molecule has 3 heterocycles. The third-order valence-corrected chi connectivity index (χ3v) is 6.33. The van der Waals surface area contributed by atoms with Crippen LogP contribution in [0, 0.1) is 5.92 Å². The Kier molecular flexibility index (Phi) is 4.97. The number of likely N-dealkylation sites (N-methyl/N-ethyl adjacent to an activating group) is 1. The second kappa shape index (κ2) is 7.76. The fraction of sp³-hybridized carbons (Fsp3) is 0.478. The summed E-state index contributed by atoms with van der Waals surface area (Å²) in [6.07, 6.45) is 5.21. The van der Waals surface area contributed by atoms with Crippen LogP contribution in [-0.2, 0) is 6.54 Å². The molecule has 6 heteroatoms. The Bertz CT molecular complexity index is 1030. The highest BCUT2D eigenvalue weighted by Crippen LogP contribution is 2.40. The van der Waals surface area contributed by atoms with E-state index in [-0.39, 0.29) is 11.6 Å². The van der Waals surface area contributed by atoms with Gasteiger partial charge in [0.05, 0.1) is 18.8 Å². The van der Waals surface area contributed by atoms with Crippen LogP contribution in [0.2, 0.25) is 0 Å². The van der Waals surface area contributed by atoms with Crippen LogP contribution in [0.3, 0.4) is 0 Å². The lowest BCUT2D eigenvalue weighted by Gasteiger charge is -2.38. The molecule has 0 amide bonds. The summed E-state index contributed by atoms with van der Waals surface area (Å²) in [5.41, 5.74) is 1.57. The van der Waals surface area contributed by atoms with Gasteiger partial charge in [-0.05, 0) is 31.0 Å². The van der Waals surface area contributed by atoms with Gasteiger partial charge in [0.15, 0.2) is 0 Å². The molecule has 6 nitrogen and oxygen atoms in total. The number of rotatable bonds is 6. The minimum Gasteiger partial charge on any atom is -0.446 e. The van der Waals surface area contributed by atoms with E-state index in [2.05, 4.69) is 29.0 Å². The van der Waals surface area contributed by atoms with Gasteiger partial charge in [-0.15, -0.1) is 0 Å². The summed E-state index contributed by atoms with van der Waals surface area (Å²) in [6.45, 7) is 4.65. The summed E-state index contributed by atoms with van der Waals surface area (Å²) in [7, 11) is 2.17. The topological polar surface area (TPSA) is 54.5 Å². The van der Waals surface area contributed by atoms with Crippen LogP contribution >= 0.6 is 0 Å². The predicted octanol–water partition coefficient (Wildman–Crippen LogP) is 3.13. The summed E-state index contributed by atoms with van der Waals surface area (Å²) in [5, 5.41) is 0.563. The Hall–Kier alpha value is -2.44. The van der Waals surface area contributed by atoms with E-state index in [1.807, 2.05) is 22.8 Å². The van der Waals surface area contributed by atoms with Gasteiger partial charge < -0.3 is 9.32 Å². The molecule has 1 unspecified atom stereocenters. The number of hydrogen-bond donors (Lipinski definition) is 0. The molecule has 0 bridgehead atoms. The molecule has 3 aromatic rings. The SMILES string of the molecule is CN1CCN(C(CC2CC2)c2nc3occc3c(=O)n2Cc2ccccc2)CC1. The van der Waals surface area contributed by atoms with Crippen molar-refractivity contribution in [3.05, 3.63) is 64.4 Å². The van der Waals surface area contributed by atoms with E-state index in [0.717, 1.165) is 49.9 Å². The summed E-state index contributed by atoms with van der Waals surface area (Å²) >= 11 is 0. The average molecular weight is 393 g/mol. The normalized spacial score (nSPS) is 19.6. The van der Waals surface area contributed by atoms with E-state index in [9.17, 15) is 4.79 Å². The van der Waals surface area contributed by atoms with Gasteiger partial charge in [0.2, 0.25) is 5.71 Å². The monoisotopic (exact) mass is 392 g/mol. The highest BCUT2D eigenvalue weighted by atomic mass is 16.3. The third kappa shape index (κ3) is 3.87. The van der Waals surface area contributed by atoms with Crippen molar-refractivity contribution in [2.75, 3.05) is 33.2 Å². The maximum atomic E-state index is 13.4. The molecule has 2 aliphatic rings. The maximum absolute atomic E-state index is 13.4. The van der Waals surface area contributed by atoms with E-state index < -0.39 is 0 Å². The summed E-state index contributed by atoms with van der Waals surface area (Å²) in [5.74, 6) is 1.60. The Labute approximate surface area is 170 Å². The Morgan fingerprint density at radius 1 is 1.10 bits per heavy atom. The van der Waals surface area contributed by atoms with E-state index in [1.165, 1.54) is 12.8 Å². The molecular formula is C23H28N4O2. The second-order valence-electron chi connectivity index (χ2n) is 8.52. The summed E-state index contributed by atoms with van der Waals surface area (Å²) < 4.78 is 7.46. The van der Waals surface area contributed by atoms with Crippen LogP contribution in [0.1, 0.15) is 36.7 Å². The van der Waals surface area contributed by atoms with Crippen molar-refractivity contribution < 1.29 is 4.42 Å². The first-order chi connectivity index (χ1) is 14.2. The zero-order valence-electron chi connectivity index (χ0n) is 17.0. The lowest BCUT2D eigenvalue weighted by molar-refractivity contribution is 0.0970. The van der Waals surface area contributed by atoms with Crippen LogP contribution in [0.15, 0.2) is 51.9 Å². The number of nitrogens with zero attached hydrogens (tertiary/aromatic N) is 4. The standard InChI is InChI=1S/C23H28N4O2/c1-25-10-12-26(13-11-25)20(15-17-7-8-17)21-24-22-19(9-14-29-22)23(28)27(21)16-18-5-3-2-4-6-18/h2-6,9,14,17,20H,7-8,10-13,15-16H2,1H3. The van der Waals surface area contributed by atoms with Gasteiger partial charge in [-0.3, -0.25) is 14.3 Å². The van der Waals surface area contributed by atoms with Gasteiger partial charge in [0.25, 0.3) is 5.56 Å². The van der Waals surface area contributed by atoms with Crippen molar-refractivity contribution in [1.29, 1.82) is 0 Å². The van der Waals surface area contributed by atoms with Crippen LogP contribution in [0.25, 0.3) is 11.1 Å². The Morgan fingerprint density at radius 3 is 2.59 bits per heavy atom. The lowest BCUT2D eigenvalue weighted by Crippen LogP contribution is -2.47. The molecule has 1 saturated carbocycles. The molecule has 0 radical (unpaired) electrons. The molecule has 1 saturated heterocycles. The summed E-state index contributed by atoms with van der Waals surface area (Å²) in [4.78, 5) is 23.2. The van der Waals surface area contributed by atoms with Crippen molar-refractivity contribution in [3.8, 4) is 0 Å². The predicted molar refractivity (Wildman–Crippen MR) is 113 cm³/mol. The first-order valence-corrected chi connectivity index (χ1v) is 10.6. The van der Waals surface area contributed by atoms with Crippen molar-refractivity contribution >= 4 is 11.1 Å². The Balaban J connectivity index is 1.60.